The van der Waals surface area contributed by atoms with Crippen LogP contribution in [-0.2, 0) is 4.79 Å². The summed E-state index contributed by atoms with van der Waals surface area (Å²) in [6.45, 7) is 4.04. The highest BCUT2D eigenvalue weighted by molar-refractivity contribution is 6.12. The summed E-state index contributed by atoms with van der Waals surface area (Å²) >= 11 is 0. The van der Waals surface area contributed by atoms with Gasteiger partial charge in [-0.15, -0.1) is 0 Å². The third kappa shape index (κ3) is 2.23. The Balaban J connectivity index is 1.53. The number of benzene rings is 1. The van der Waals surface area contributed by atoms with Crippen molar-refractivity contribution in [2.24, 2.45) is 28.3 Å². The molecule has 2 bridgehead atoms. The average Bonchev–Trinajstić information content (AvgIpc) is 3.28. The Kier molecular flexibility index (Phi) is 3.59. The first-order valence-corrected chi connectivity index (χ1v) is 8.96. The highest BCUT2D eigenvalue weighted by Crippen LogP contribution is 2.56. The molecule has 0 spiro atoms. The van der Waals surface area contributed by atoms with E-state index in [0.717, 1.165) is 18.1 Å². The van der Waals surface area contributed by atoms with E-state index in [4.69, 9.17) is 0 Å². The predicted molar refractivity (Wildman–Crippen MR) is 92.6 cm³/mol. The van der Waals surface area contributed by atoms with Gasteiger partial charge in [0.05, 0.1) is 11.1 Å². The van der Waals surface area contributed by atoms with Gasteiger partial charge in [-0.25, -0.2) is 5.01 Å². The van der Waals surface area contributed by atoms with Crippen LogP contribution in [-0.4, -0.2) is 29.0 Å². The molecule has 0 N–H and O–H groups in total. The van der Waals surface area contributed by atoms with E-state index in [1.807, 2.05) is 32.0 Å². The molecule has 126 valence electrons. The number of Topliss-reactive ketones (excluding diaryl/α,β-unsaturated/α-hetero) is 1. The topological polar surface area (TPSA) is 49.7 Å². The maximum atomic E-state index is 13.1. The van der Waals surface area contributed by atoms with E-state index in [1.54, 1.807) is 12.1 Å². The van der Waals surface area contributed by atoms with E-state index in [9.17, 15) is 9.59 Å². The molecule has 4 atom stereocenters. The Hall–Kier alpha value is -1.97. The van der Waals surface area contributed by atoms with Crippen molar-refractivity contribution in [2.45, 2.75) is 39.5 Å². The molecule has 2 unspecified atom stereocenters. The van der Waals surface area contributed by atoms with Gasteiger partial charge >= 0.3 is 0 Å². The van der Waals surface area contributed by atoms with Crippen LogP contribution < -0.4 is 0 Å². The van der Waals surface area contributed by atoms with Crippen LogP contribution >= 0.6 is 0 Å². The van der Waals surface area contributed by atoms with Crippen LogP contribution in [0.1, 0.15) is 49.9 Å². The second-order valence-corrected chi connectivity index (χ2v) is 7.82. The Morgan fingerprint density at radius 3 is 2.62 bits per heavy atom. The van der Waals surface area contributed by atoms with E-state index in [-0.39, 0.29) is 18.2 Å². The standard InChI is InChI=1S/C20H24N2O2/c1-13-20(2,17-11-14-8-9-16(17)10-14)19(24)22(21-13)12-18(23)15-6-4-3-5-7-15/h3-7,14,16-17H,8-12H2,1-2H3/t14?,16?,17-,20-/m0/s1. The summed E-state index contributed by atoms with van der Waals surface area (Å²) in [6, 6.07) is 9.13. The number of carbonyl (C=O) groups is 2. The summed E-state index contributed by atoms with van der Waals surface area (Å²) in [5.74, 6) is 1.79. The lowest BCUT2D eigenvalue weighted by Crippen LogP contribution is -2.45. The molecule has 0 aromatic heterocycles. The minimum absolute atomic E-state index is 0.0156. The van der Waals surface area contributed by atoms with Gasteiger partial charge in [-0.05, 0) is 50.9 Å². The molecule has 2 fully saturated rings. The Morgan fingerprint density at radius 1 is 1.25 bits per heavy atom. The van der Waals surface area contributed by atoms with Gasteiger partial charge in [-0.1, -0.05) is 36.8 Å². The van der Waals surface area contributed by atoms with Crippen LogP contribution in [0.2, 0.25) is 0 Å². The van der Waals surface area contributed by atoms with Crippen LogP contribution in [0.25, 0.3) is 0 Å². The van der Waals surface area contributed by atoms with E-state index in [0.29, 0.717) is 17.4 Å². The number of carbonyl (C=O) groups excluding carboxylic acids is 2. The van der Waals surface area contributed by atoms with Crippen LogP contribution in [0.3, 0.4) is 0 Å². The maximum absolute atomic E-state index is 13.1. The lowest BCUT2D eigenvalue weighted by atomic mass is 9.66. The fourth-order valence-electron chi connectivity index (χ4n) is 5.09. The van der Waals surface area contributed by atoms with Crippen molar-refractivity contribution < 1.29 is 9.59 Å². The quantitative estimate of drug-likeness (QED) is 0.796. The third-order valence-electron chi connectivity index (χ3n) is 6.57. The van der Waals surface area contributed by atoms with Gasteiger partial charge in [-0.2, -0.15) is 5.10 Å². The molecule has 1 heterocycles. The minimum atomic E-state index is -0.517. The molecule has 24 heavy (non-hydrogen) atoms. The second-order valence-electron chi connectivity index (χ2n) is 7.82. The molecule has 4 heteroatoms. The maximum Gasteiger partial charge on any atom is 0.255 e. The first kappa shape index (κ1) is 15.6. The molecule has 0 radical (unpaired) electrons. The van der Waals surface area contributed by atoms with Gasteiger partial charge in [-0.3, -0.25) is 9.59 Å². The van der Waals surface area contributed by atoms with E-state index >= 15 is 0 Å². The Morgan fingerprint density at radius 2 is 2.00 bits per heavy atom. The van der Waals surface area contributed by atoms with Crippen LogP contribution in [0.15, 0.2) is 35.4 Å². The lowest BCUT2D eigenvalue weighted by Gasteiger charge is -2.35. The molecule has 4 rings (SSSR count). The summed E-state index contributed by atoms with van der Waals surface area (Å²) in [5, 5.41) is 5.91. The zero-order valence-corrected chi connectivity index (χ0v) is 14.4. The smallest absolute Gasteiger partial charge is 0.255 e. The fraction of sp³-hybridized carbons (Fsp3) is 0.550. The summed E-state index contributed by atoms with van der Waals surface area (Å²) in [6.07, 6.45) is 4.97. The summed E-state index contributed by atoms with van der Waals surface area (Å²) in [4.78, 5) is 25.6. The number of fused-ring (bicyclic) bond motifs is 2. The second kappa shape index (κ2) is 5.54. The number of hydrogen-bond acceptors (Lipinski definition) is 3. The predicted octanol–water partition coefficient (Wildman–Crippen LogP) is 3.53. The van der Waals surface area contributed by atoms with Gasteiger partial charge in [0.15, 0.2) is 5.78 Å². The van der Waals surface area contributed by atoms with Crippen molar-refractivity contribution in [3.8, 4) is 0 Å². The van der Waals surface area contributed by atoms with E-state index in [1.165, 1.54) is 24.3 Å². The molecule has 2 saturated carbocycles. The molecule has 0 saturated heterocycles. The van der Waals surface area contributed by atoms with Crippen LogP contribution in [0.5, 0.6) is 0 Å². The molecule has 1 aromatic rings. The normalized spacial score (nSPS) is 34.8. The monoisotopic (exact) mass is 324 g/mol. The zero-order valence-electron chi connectivity index (χ0n) is 14.4. The van der Waals surface area contributed by atoms with Gasteiger partial charge in [0.25, 0.3) is 5.91 Å². The molecule has 1 aromatic carbocycles. The Labute approximate surface area is 142 Å². The molecular formula is C20H24N2O2. The molecule has 1 aliphatic heterocycles. The van der Waals surface area contributed by atoms with E-state index < -0.39 is 5.41 Å². The van der Waals surface area contributed by atoms with Crippen LogP contribution in [0.4, 0.5) is 0 Å². The van der Waals surface area contributed by atoms with Crippen molar-refractivity contribution in [1.82, 2.24) is 5.01 Å². The number of rotatable bonds is 4. The number of ketones is 1. The van der Waals surface area contributed by atoms with Crippen molar-refractivity contribution in [1.29, 1.82) is 0 Å². The fourth-order valence-corrected chi connectivity index (χ4v) is 5.09. The lowest BCUT2D eigenvalue weighted by molar-refractivity contribution is -0.138. The summed E-state index contributed by atoms with van der Waals surface area (Å²) in [5.41, 5.74) is 0.995. The zero-order chi connectivity index (χ0) is 16.9. The van der Waals surface area contributed by atoms with Gasteiger partial charge in [0.1, 0.15) is 6.54 Å². The van der Waals surface area contributed by atoms with E-state index in [2.05, 4.69) is 5.10 Å². The molecule has 1 amide bonds. The van der Waals surface area contributed by atoms with Crippen molar-refractivity contribution in [2.75, 3.05) is 6.54 Å². The molecular weight excluding hydrogens is 300 g/mol. The van der Waals surface area contributed by atoms with Crippen LogP contribution in [0, 0.1) is 23.2 Å². The van der Waals surface area contributed by atoms with Crippen molar-refractivity contribution in [3.05, 3.63) is 35.9 Å². The van der Waals surface area contributed by atoms with Crippen molar-refractivity contribution in [3.63, 3.8) is 0 Å². The largest absolute Gasteiger partial charge is 0.292 e. The molecule has 4 nitrogen and oxygen atoms in total. The first-order chi connectivity index (χ1) is 11.5. The highest BCUT2D eigenvalue weighted by Gasteiger charge is 2.57. The van der Waals surface area contributed by atoms with Gasteiger partial charge < -0.3 is 0 Å². The minimum Gasteiger partial charge on any atom is -0.292 e. The first-order valence-electron chi connectivity index (χ1n) is 8.96. The van der Waals surface area contributed by atoms with Crippen molar-refractivity contribution >= 4 is 17.4 Å². The number of hydrazone groups is 1. The number of amides is 1. The molecule has 2 aliphatic carbocycles. The van der Waals surface area contributed by atoms with Gasteiger partial charge in [0, 0.05) is 5.56 Å². The number of nitrogens with zero attached hydrogens (tertiary/aromatic N) is 2. The third-order valence-corrected chi connectivity index (χ3v) is 6.57. The number of hydrogen-bond donors (Lipinski definition) is 0. The average molecular weight is 324 g/mol. The summed E-state index contributed by atoms with van der Waals surface area (Å²) in [7, 11) is 0. The highest BCUT2D eigenvalue weighted by atomic mass is 16.2. The summed E-state index contributed by atoms with van der Waals surface area (Å²) < 4.78 is 0. The Bertz CT molecular complexity index is 712. The molecule has 3 aliphatic rings. The van der Waals surface area contributed by atoms with Gasteiger partial charge in [0.2, 0.25) is 0 Å². The SMILES string of the molecule is CC1=NN(CC(=O)c2ccccc2)C(=O)[C@]1(C)[C@H]1CC2CCC1C2.